The number of benzene rings is 2. The maximum Gasteiger partial charge on any atom is 0.336 e. The van der Waals surface area contributed by atoms with Crippen LogP contribution < -0.4 is 14.9 Å². The van der Waals surface area contributed by atoms with Crippen LogP contribution in [0.15, 0.2) is 76.5 Å². The van der Waals surface area contributed by atoms with Crippen LogP contribution in [0.25, 0.3) is 6.08 Å². The number of furan rings is 1. The monoisotopic (exact) mass is 438 g/mol. The molecule has 3 aromatic rings. The lowest BCUT2D eigenvalue weighted by Gasteiger charge is -2.06. The van der Waals surface area contributed by atoms with E-state index in [0.29, 0.717) is 27.8 Å². The summed E-state index contributed by atoms with van der Waals surface area (Å²) >= 11 is 5.95. The number of hydrogen-bond donors (Lipinski definition) is 1. The first kappa shape index (κ1) is 21.9. The molecule has 31 heavy (non-hydrogen) atoms. The van der Waals surface area contributed by atoms with Crippen molar-refractivity contribution in [3.05, 3.63) is 88.8 Å². The normalized spacial score (nSPS) is 11.0. The van der Waals surface area contributed by atoms with Gasteiger partial charge in [-0.2, -0.15) is 5.10 Å². The van der Waals surface area contributed by atoms with Gasteiger partial charge in [0.25, 0.3) is 5.91 Å². The van der Waals surface area contributed by atoms with E-state index in [2.05, 4.69) is 10.5 Å². The number of hydrogen-bond acceptors (Lipinski definition) is 6. The summed E-state index contributed by atoms with van der Waals surface area (Å²) in [6.07, 6.45) is 5.77. The van der Waals surface area contributed by atoms with Crippen LogP contribution in [-0.2, 0) is 9.59 Å². The smallest absolute Gasteiger partial charge is 0.336 e. The number of nitrogens with zero attached hydrogens (tertiary/aromatic N) is 1. The third kappa shape index (κ3) is 7.17. The lowest BCUT2D eigenvalue weighted by molar-refractivity contribution is -0.129. The number of rotatable bonds is 8. The highest BCUT2D eigenvalue weighted by Crippen LogP contribution is 2.20. The average Bonchev–Trinajstić information content (AvgIpc) is 3.28. The van der Waals surface area contributed by atoms with Crippen molar-refractivity contribution in [2.45, 2.75) is 6.92 Å². The number of hydrazone groups is 1. The maximum absolute atomic E-state index is 11.8. The van der Waals surface area contributed by atoms with Crippen LogP contribution in [0.5, 0.6) is 11.5 Å². The molecular weight excluding hydrogens is 420 g/mol. The fraction of sp³-hybridized carbons (Fsp3) is 0.0870. The summed E-state index contributed by atoms with van der Waals surface area (Å²) in [4.78, 5) is 23.6. The third-order valence-electron chi connectivity index (χ3n) is 3.93. The predicted octanol–water partition coefficient (Wildman–Crippen LogP) is 4.39. The van der Waals surface area contributed by atoms with Crippen LogP contribution in [0.1, 0.15) is 16.9 Å². The van der Waals surface area contributed by atoms with E-state index in [1.165, 1.54) is 24.6 Å². The molecular formula is C23H19ClN2O5. The molecule has 1 N–H and O–H groups in total. The Morgan fingerprint density at radius 1 is 1.13 bits per heavy atom. The highest BCUT2D eigenvalue weighted by atomic mass is 35.5. The van der Waals surface area contributed by atoms with E-state index >= 15 is 0 Å². The Morgan fingerprint density at radius 3 is 2.61 bits per heavy atom. The predicted molar refractivity (Wildman–Crippen MR) is 117 cm³/mol. The fourth-order valence-corrected chi connectivity index (χ4v) is 2.49. The van der Waals surface area contributed by atoms with Crippen molar-refractivity contribution in [2.24, 2.45) is 5.10 Å². The van der Waals surface area contributed by atoms with Crippen LogP contribution in [0.4, 0.5) is 0 Å². The van der Waals surface area contributed by atoms with Gasteiger partial charge in [0.2, 0.25) is 0 Å². The number of carbonyl (C=O) groups is 2. The van der Waals surface area contributed by atoms with Gasteiger partial charge in [-0.15, -0.1) is 0 Å². The molecule has 0 aliphatic carbocycles. The summed E-state index contributed by atoms with van der Waals surface area (Å²) in [5, 5.41) is 4.51. The molecule has 1 amide bonds. The van der Waals surface area contributed by atoms with Crippen LogP contribution in [0.3, 0.4) is 0 Å². The second kappa shape index (κ2) is 10.8. The molecule has 0 aliphatic heterocycles. The molecule has 0 atom stereocenters. The zero-order valence-corrected chi connectivity index (χ0v) is 17.3. The summed E-state index contributed by atoms with van der Waals surface area (Å²) in [6, 6.07) is 15.2. The van der Waals surface area contributed by atoms with Crippen molar-refractivity contribution in [3.8, 4) is 11.5 Å². The van der Waals surface area contributed by atoms with Gasteiger partial charge in [0.15, 0.2) is 6.61 Å². The van der Waals surface area contributed by atoms with E-state index in [1.807, 2.05) is 6.92 Å². The molecule has 1 aromatic heterocycles. The fourth-order valence-electron chi connectivity index (χ4n) is 2.38. The number of ether oxygens (including phenoxy) is 2. The van der Waals surface area contributed by atoms with Crippen LogP contribution in [-0.4, -0.2) is 24.7 Å². The minimum atomic E-state index is -0.527. The zero-order chi connectivity index (χ0) is 22.1. The molecule has 0 saturated carbocycles. The molecule has 0 radical (unpaired) electrons. The summed E-state index contributed by atoms with van der Waals surface area (Å²) in [7, 11) is 0. The molecule has 0 unspecified atom stereocenters. The van der Waals surface area contributed by atoms with Crippen molar-refractivity contribution in [1.29, 1.82) is 0 Å². The second-order valence-electron chi connectivity index (χ2n) is 6.33. The maximum atomic E-state index is 11.8. The molecule has 7 nitrogen and oxygen atoms in total. The molecule has 158 valence electrons. The van der Waals surface area contributed by atoms with Gasteiger partial charge in [-0.05, 0) is 78.7 Å². The Morgan fingerprint density at radius 2 is 1.90 bits per heavy atom. The zero-order valence-electron chi connectivity index (χ0n) is 16.6. The lowest BCUT2D eigenvalue weighted by atomic mass is 10.2. The van der Waals surface area contributed by atoms with Crippen LogP contribution >= 0.6 is 11.6 Å². The Kier molecular flexibility index (Phi) is 7.61. The summed E-state index contributed by atoms with van der Waals surface area (Å²) in [6.45, 7) is 1.67. The van der Waals surface area contributed by atoms with Crippen molar-refractivity contribution in [1.82, 2.24) is 5.43 Å². The first-order valence-corrected chi connectivity index (χ1v) is 9.62. The van der Waals surface area contributed by atoms with Crippen molar-refractivity contribution in [3.63, 3.8) is 0 Å². The van der Waals surface area contributed by atoms with Gasteiger partial charge in [0, 0.05) is 11.1 Å². The van der Waals surface area contributed by atoms with Crippen LogP contribution in [0.2, 0.25) is 5.02 Å². The first-order chi connectivity index (χ1) is 15.0. The molecule has 0 aliphatic rings. The van der Waals surface area contributed by atoms with Gasteiger partial charge in [-0.3, -0.25) is 4.79 Å². The van der Waals surface area contributed by atoms with Gasteiger partial charge >= 0.3 is 5.97 Å². The lowest BCUT2D eigenvalue weighted by Crippen LogP contribution is -2.24. The average molecular weight is 439 g/mol. The van der Waals surface area contributed by atoms with Gasteiger partial charge in [0.1, 0.15) is 17.3 Å². The number of carbonyl (C=O) groups excluding carboxylic acids is 2. The van der Waals surface area contributed by atoms with Gasteiger partial charge < -0.3 is 13.9 Å². The number of amides is 1. The van der Waals surface area contributed by atoms with Crippen molar-refractivity contribution in [2.75, 3.05) is 6.61 Å². The largest absolute Gasteiger partial charge is 0.484 e. The molecule has 0 saturated heterocycles. The molecule has 0 bridgehead atoms. The highest BCUT2D eigenvalue weighted by molar-refractivity contribution is 6.31. The van der Waals surface area contributed by atoms with Gasteiger partial charge in [-0.1, -0.05) is 11.6 Å². The molecule has 2 aromatic carbocycles. The van der Waals surface area contributed by atoms with E-state index in [0.717, 1.165) is 5.56 Å². The van der Waals surface area contributed by atoms with E-state index in [1.54, 1.807) is 54.6 Å². The number of esters is 1. The van der Waals surface area contributed by atoms with Gasteiger partial charge in [-0.25, -0.2) is 10.2 Å². The van der Waals surface area contributed by atoms with Crippen molar-refractivity contribution < 1.29 is 23.5 Å². The van der Waals surface area contributed by atoms with E-state index in [4.69, 9.17) is 25.5 Å². The molecule has 0 spiro atoms. The molecule has 8 heteroatoms. The Bertz CT molecular complexity index is 1090. The number of halogens is 1. The van der Waals surface area contributed by atoms with E-state index in [9.17, 15) is 9.59 Å². The molecule has 0 fully saturated rings. The SMILES string of the molecule is Cc1cc(OCC(=O)N/N=C/c2ccc(OC(=O)/C=C/c3ccco3)cc2)ccc1Cl. The second-order valence-corrected chi connectivity index (χ2v) is 6.74. The van der Waals surface area contributed by atoms with E-state index < -0.39 is 11.9 Å². The van der Waals surface area contributed by atoms with Crippen molar-refractivity contribution >= 4 is 35.8 Å². The molecule has 1 heterocycles. The first-order valence-electron chi connectivity index (χ1n) is 9.24. The Labute approximate surface area is 183 Å². The Balaban J connectivity index is 1.42. The topological polar surface area (TPSA) is 90.1 Å². The number of aryl methyl sites for hydroxylation is 1. The van der Waals surface area contributed by atoms with Crippen LogP contribution in [0, 0.1) is 6.92 Å². The quantitative estimate of drug-likeness (QED) is 0.185. The summed E-state index contributed by atoms with van der Waals surface area (Å²) < 4.78 is 15.7. The minimum absolute atomic E-state index is 0.182. The van der Waals surface area contributed by atoms with E-state index in [-0.39, 0.29) is 6.61 Å². The third-order valence-corrected chi connectivity index (χ3v) is 4.35. The summed E-state index contributed by atoms with van der Waals surface area (Å²) in [5.74, 6) is 0.546. The number of nitrogens with one attached hydrogen (secondary N) is 1. The molecule has 3 rings (SSSR count). The highest BCUT2D eigenvalue weighted by Gasteiger charge is 2.04. The Hall–Kier alpha value is -3.84. The standard InChI is InChI=1S/C23H19ClN2O5/c1-16-13-20(8-10-21(16)24)30-15-22(27)26-25-14-17-4-6-19(7-5-17)31-23(28)11-9-18-3-2-12-29-18/h2-14H,15H2,1H3,(H,26,27)/b11-9+,25-14+. The summed E-state index contributed by atoms with van der Waals surface area (Å²) in [5.41, 5.74) is 3.95. The van der Waals surface area contributed by atoms with Gasteiger partial charge in [0.05, 0.1) is 12.5 Å². The minimum Gasteiger partial charge on any atom is -0.484 e.